The van der Waals surface area contributed by atoms with Crippen molar-refractivity contribution in [1.82, 2.24) is 14.5 Å². The van der Waals surface area contributed by atoms with Crippen LogP contribution >= 0.6 is 23.6 Å². The van der Waals surface area contributed by atoms with Crippen LogP contribution in [0, 0.1) is 0 Å². The minimum atomic E-state index is -4.03. The van der Waals surface area contributed by atoms with E-state index in [1.807, 2.05) is 0 Å². The van der Waals surface area contributed by atoms with Crippen LogP contribution in [0.15, 0.2) is 56.3 Å². The van der Waals surface area contributed by atoms with Crippen LogP contribution in [0.4, 0.5) is 0 Å². The van der Waals surface area contributed by atoms with Gasteiger partial charge in [0, 0.05) is 22.6 Å². The van der Waals surface area contributed by atoms with Gasteiger partial charge in [-0.3, -0.25) is 9.36 Å². The number of aromatic nitrogens is 3. The second-order valence-electron chi connectivity index (χ2n) is 6.76. The molecular formula is C19H18ClN3O4S2. The van der Waals surface area contributed by atoms with Crippen molar-refractivity contribution in [2.45, 2.75) is 46.7 Å². The predicted octanol–water partition coefficient (Wildman–Crippen LogP) is 4.05. The number of fused-ring (bicyclic) bond motifs is 1. The van der Waals surface area contributed by atoms with Crippen molar-refractivity contribution < 1.29 is 12.6 Å². The van der Waals surface area contributed by atoms with Gasteiger partial charge in [0.05, 0.1) is 24.0 Å². The van der Waals surface area contributed by atoms with Crippen LogP contribution in [0.3, 0.4) is 0 Å². The zero-order valence-electron chi connectivity index (χ0n) is 15.5. The highest BCUT2D eigenvalue weighted by atomic mass is 35.5. The summed E-state index contributed by atoms with van der Waals surface area (Å²) in [6.07, 6.45) is 5.09. The number of sulfone groups is 1. The van der Waals surface area contributed by atoms with Crippen molar-refractivity contribution in [3.8, 4) is 0 Å². The summed E-state index contributed by atoms with van der Waals surface area (Å²) in [7, 11) is -2.52. The molecule has 1 aliphatic carbocycles. The number of halogens is 1. The topological polar surface area (TPSA) is 91.1 Å². The third-order valence-electron chi connectivity index (χ3n) is 4.98. The van der Waals surface area contributed by atoms with E-state index < -0.39 is 15.4 Å². The Labute approximate surface area is 177 Å². The first-order chi connectivity index (χ1) is 13.9. The fourth-order valence-electron chi connectivity index (χ4n) is 3.63. The maximum atomic E-state index is 13.4. The molecule has 2 aromatic heterocycles. The summed E-state index contributed by atoms with van der Waals surface area (Å²) in [5.74, 6) is 0. The third-order valence-corrected chi connectivity index (χ3v) is 7.51. The standard InChI is InChI=1S/C19H18ClN3O4S2/c1-27-28-19-21-11-12-10-16(29(25,26)15-8-6-13(20)7-9-15)18(24)23(17(12)22-19)14-4-2-3-5-14/h6-11,14H,2-5H2,1H3. The van der Waals surface area contributed by atoms with E-state index in [4.69, 9.17) is 15.8 Å². The second-order valence-corrected chi connectivity index (χ2v) is 9.98. The first-order valence-electron chi connectivity index (χ1n) is 9.05. The molecule has 0 aliphatic heterocycles. The van der Waals surface area contributed by atoms with Gasteiger partial charge in [-0.1, -0.05) is 24.4 Å². The van der Waals surface area contributed by atoms with E-state index in [9.17, 15) is 13.2 Å². The average molecular weight is 452 g/mol. The number of pyridine rings is 1. The first kappa shape index (κ1) is 20.3. The van der Waals surface area contributed by atoms with Gasteiger partial charge in [-0.15, -0.1) is 0 Å². The largest absolute Gasteiger partial charge is 0.311 e. The molecule has 1 aliphatic rings. The normalized spacial score (nSPS) is 15.2. The Hall–Kier alpha value is -1.94. The van der Waals surface area contributed by atoms with Crippen LogP contribution in [0.2, 0.25) is 5.02 Å². The maximum absolute atomic E-state index is 13.4. The lowest BCUT2D eigenvalue weighted by molar-refractivity contribution is 0.484. The molecule has 0 unspecified atom stereocenters. The minimum Gasteiger partial charge on any atom is -0.311 e. The Balaban J connectivity index is 1.98. The second kappa shape index (κ2) is 8.06. The van der Waals surface area contributed by atoms with Gasteiger partial charge in [0.25, 0.3) is 5.56 Å². The van der Waals surface area contributed by atoms with E-state index >= 15 is 0 Å². The summed E-state index contributed by atoms with van der Waals surface area (Å²) >= 11 is 6.87. The van der Waals surface area contributed by atoms with Gasteiger partial charge in [-0.2, -0.15) is 0 Å². The van der Waals surface area contributed by atoms with E-state index in [0.29, 0.717) is 21.2 Å². The molecule has 0 N–H and O–H groups in total. The molecule has 4 rings (SSSR count). The lowest BCUT2D eigenvalue weighted by Crippen LogP contribution is -2.29. The van der Waals surface area contributed by atoms with Gasteiger partial charge in [0.15, 0.2) is 0 Å². The summed E-state index contributed by atoms with van der Waals surface area (Å²) in [6.45, 7) is 0. The van der Waals surface area contributed by atoms with E-state index in [0.717, 1.165) is 37.7 Å². The number of hydrogen-bond donors (Lipinski definition) is 0. The zero-order chi connectivity index (χ0) is 20.6. The molecule has 3 aromatic rings. The molecule has 7 nitrogen and oxygen atoms in total. The smallest absolute Gasteiger partial charge is 0.271 e. The lowest BCUT2D eigenvalue weighted by Gasteiger charge is -2.18. The molecule has 0 amide bonds. The van der Waals surface area contributed by atoms with E-state index in [2.05, 4.69) is 9.97 Å². The number of benzene rings is 1. The third kappa shape index (κ3) is 3.79. The monoisotopic (exact) mass is 451 g/mol. The highest BCUT2D eigenvalue weighted by molar-refractivity contribution is 7.94. The van der Waals surface area contributed by atoms with Gasteiger partial charge in [0.1, 0.15) is 10.5 Å². The summed E-state index contributed by atoms with van der Waals surface area (Å²) < 4.78 is 33.0. The van der Waals surface area contributed by atoms with Crippen LogP contribution in [0.1, 0.15) is 31.7 Å². The molecular weight excluding hydrogens is 434 g/mol. The number of hydrogen-bond acceptors (Lipinski definition) is 7. The molecule has 0 bridgehead atoms. The van der Waals surface area contributed by atoms with Gasteiger partial charge < -0.3 is 4.18 Å². The van der Waals surface area contributed by atoms with Gasteiger partial charge in [-0.05, 0) is 43.2 Å². The number of nitrogens with zero attached hydrogens (tertiary/aromatic N) is 3. The molecule has 1 aromatic carbocycles. The first-order valence-corrected chi connectivity index (χ1v) is 11.7. The lowest BCUT2D eigenvalue weighted by atomic mass is 10.2. The summed E-state index contributed by atoms with van der Waals surface area (Å²) in [6, 6.07) is 7.03. The van der Waals surface area contributed by atoms with Crippen molar-refractivity contribution in [3.05, 3.63) is 51.9 Å². The molecule has 0 saturated heterocycles. The van der Waals surface area contributed by atoms with Crippen molar-refractivity contribution in [2.75, 3.05) is 7.11 Å². The van der Waals surface area contributed by atoms with Crippen molar-refractivity contribution in [1.29, 1.82) is 0 Å². The predicted molar refractivity (Wildman–Crippen MR) is 111 cm³/mol. The van der Waals surface area contributed by atoms with Crippen molar-refractivity contribution in [3.63, 3.8) is 0 Å². The SMILES string of the molecule is COSc1ncc2cc(S(=O)(=O)c3ccc(Cl)cc3)c(=O)n(C3CCCC3)c2n1. The molecule has 0 spiro atoms. The molecule has 1 fully saturated rings. The molecule has 0 atom stereocenters. The Morgan fingerprint density at radius 1 is 1.21 bits per heavy atom. The molecule has 152 valence electrons. The Morgan fingerprint density at radius 3 is 2.55 bits per heavy atom. The van der Waals surface area contributed by atoms with Crippen molar-refractivity contribution in [2.24, 2.45) is 0 Å². The molecule has 2 heterocycles. The van der Waals surface area contributed by atoms with Gasteiger partial charge in [-0.25, -0.2) is 18.4 Å². The highest BCUT2D eigenvalue weighted by Gasteiger charge is 2.28. The van der Waals surface area contributed by atoms with Crippen LogP contribution in [0.25, 0.3) is 11.0 Å². The van der Waals surface area contributed by atoms with Crippen LogP contribution in [-0.2, 0) is 14.0 Å². The summed E-state index contributed by atoms with van der Waals surface area (Å²) in [5.41, 5.74) is -0.141. The molecule has 1 saturated carbocycles. The minimum absolute atomic E-state index is 0.0174. The fraction of sp³-hybridized carbons (Fsp3) is 0.316. The molecule has 10 heteroatoms. The number of rotatable bonds is 5. The summed E-state index contributed by atoms with van der Waals surface area (Å²) in [4.78, 5) is 21.8. The quantitative estimate of drug-likeness (QED) is 0.427. The van der Waals surface area contributed by atoms with Crippen molar-refractivity contribution >= 4 is 44.5 Å². The maximum Gasteiger partial charge on any atom is 0.271 e. The van der Waals surface area contributed by atoms with Crippen LogP contribution < -0.4 is 5.56 Å². The molecule has 29 heavy (non-hydrogen) atoms. The Bertz CT molecular complexity index is 1220. The van der Waals surface area contributed by atoms with Gasteiger partial charge in [0.2, 0.25) is 15.0 Å². The van der Waals surface area contributed by atoms with E-state index in [-0.39, 0.29) is 15.8 Å². The average Bonchev–Trinajstić information content (AvgIpc) is 3.22. The summed E-state index contributed by atoms with van der Waals surface area (Å²) in [5, 5.41) is 1.27. The fourth-order valence-corrected chi connectivity index (χ4v) is 5.48. The highest BCUT2D eigenvalue weighted by Crippen LogP contribution is 2.32. The molecule has 0 radical (unpaired) electrons. The van der Waals surface area contributed by atoms with E-state index in [1.165, 1.54) is 48.2 Å². The Kier molecular flexibility index (Phi) is 5.65. The van der Waals surface area contributed by atoms with E-state index in [1.54, 1.807) is 0 Å². The Morgan fingerprint density at radius 2 is 1.90 bits per heavy atom. The van der Waals surface area contributed by atoms with Crippen LogP contribution in [0.5, 0.6) is 0 Å². The zero-order valence-corrected chi connectivity index (χ0v) is 17.9. The van der Waals surface area contributed by atoms with Crippen LogP contribution in [-0.4, -0.2) is 30.1 Å². The van der Waals surface area contributed by atoms with Gasteiger partial charge >= 0.3 is 0 Å².